The molecule has 1 saturated carbocycles. The first-order valence-corrected chi connectivity index (χ1v) is 10.3. The smallest absolute Gasteiger partial charge is 0.0284 e. The lowest BCUT2D eigenvalue weighted by Crippen LogP contribution is -2.36. The van der Waals surface area contributed by atoms with E-state index in [-0.39, 0.29) is 0 Å². The Labute approximate surface area is 152 Å². The van der Waals surface area contributed by atoms with Gasteiger partial charge in [-0.1, -0.05) is 30.3 Å². The number of nitrogens with zero attached hydrogens (tertiary/aromatic N) is 2. The van der Waals surface area contributed by atoms with E-state index in [9.17, 15) is 0 Å². The molecule has 0 spiro atoms. The first-order valence-electron chi connectivity index (χ1n) is 10.3. The molecule has 2 fully saturated rings. The molecule has 2 aliphatic heterocycles. The summed E-state index contributed by atoms with van der Waals surface area (Å²) >= 11 is 0. The van der Waals surface area contributed by atoms with Crippen molar-refractivity contribution in [3.63, 3.8) is 0 Å². The van der Waals surface area contributed by atoms with Gasteiger partial charge in [0, 0.05) is 25.0 Å². The maximum absolute atomic E-state index is 2.64. The van der Waals surface area contributed by atoms with Crippen LogP contribution in [0.5, 0.6) is 0 Å². The number of benzene rings is 1. The van der Waals surface area contributed by atoms with E-state index in [1.807, 2.05) is 0 Å². The molecule has 0 N–H and O–H groups in total. The largest absolute Gasteiger partial charge is 0.373 e. The van der Waals surface area contributed by atoms with Crippen LogP contribution in [0.3, 0.4) is 0 Å². The third-order valence-electron chi connectivity index (χ3n) is 6.85. The van der Waals surface area contributed by atoms with E-state index in [0.29, 0.717) is 5.92 Å². The van der Waals surface area contributed by atoms with Gasteiger partial charge in [-0.3, -0.25) is 0 Å². The van der Waals surface area contributed by atoms with Crippen LogP contribution in [-0.4, -0.2) is 42.0 Å². The summed E-state index contributed by atoms with van der Waals surface area (Å²) in [6, 6.07) is 10.3. The van der Waals surface area contributed by atoms with Crippen LogP contribution in [-0.2, 0) is 6.42 Å². The highest BCUT2D eigenvalue weighted by molar-refractivity contribution is 5.74. The molecule has 1 saturated heterocycles. The van der Waals surface area contributed by atoms with Gasteiger partial charge >= 0.3 is 0 Å². The average Bonchev–Trinajstić information content (AvgIpc) is 3.29. The van der Waals surface area contributed by atoms with E-state index in [4.69, 9.17) is 0 Å². The van der Waals surface area contributed by atoms with E-state index in [2.05, 4.69) is 46.3 Å². The predicted molar refractivity (Wildman–Crippen MR) is 104 cm³/mol. The Hall–Kier alpha value is -1.54. The topological polar surface area (TPSA) is 6.48 Å². The molecule has 5 rings (SSSR count). The summed E-state index contributed by atoms with van der Waals surface area (Å²) in [7, 11) is 0. The summed E-state index contributed by atoms with van der Waals surface area (Å²) in [5.74, 6) is 0.663. The first kappa shape index (κ1) is 15.7. The van der Waals surface area contributed by atoms with Crippen LogP contribution in [0.4, 0.5) is 0 Å². The molecule has 132 valence electrons. The summed E-state index contributed by atoms with van der Waals surface area (Å²) in [5.41, 5.74) is 6.18. The van der Waals surface area contributed by atoms with Gasteiger partial charge in [0.1, 0.15) is 0 Å². The molecule has 0 amide bonds. The van der Waals surface area contributed by atoms with Crippen LogP contribution in [0.2, 0.25) is 0 Å². The molecule has 1 aromatic rings. The fraction of sp³-hybridized carbons (Fsp3) is 0.565. The van der Waals surface area contributed by atoms with Gasteiger partial charge in [0.15, 0.2) is 0 Å². The number of allylic oxidation sites excluding steroid dienone is 1. The maximum atomic E-state index is 2.64. The SMILES string of the molecule is C1=C2CC=C(c3ccc(CCN4CCCC4)cc3)C2CN1C1CCC1. The normalized spacial score (nSPS) is 26.6. The molecule has 0 aromatic heterocycles. The lowest BCUT2D eigenvalue weighted by atomic mass is 9.90. The Morgan fingerprint density at radius 3 is 2.48 bits per heavy atom. The molecule has 2 aliphatic carbocycles. The molecule has 1 atom stereocenters. The van der Waals surface area contributed by atoms with E-state index in [0.717, 1.165) is 6.04 Å². The molecule has 4 aliphatic rings. The van der Waals surface area contributed by atoms with E-state index < -0.39 is 0 Å². The molecule has 1 unspecified atom stereocenters. The molecular formula is C23H30N2. The molecule has 0 radical (unpaired) electrons. The Morgan fingerprint density at radius 1 is 0.960 bits per heavy atom. The van der Waals surface area contributed by atoms with Crippen molar-refractivity contribution >= 4 is 5.57 Å². The number of hydrogen-bond acceptors (Lipinski definition) is 2. The minimum absolute atomic E-state index is 0.663. The average molecular weight is 335 g/mol. The van der Waals surface area contributed by atoms with Crippen LogP contribution in [0.25, 0.3) is 5.57 Å². The summed E-state index contributed by atoms with van der Waals surface area (Å²) in [6.07, 6.45) is 14.4. The summed E-state index contributed by atoms with van der Waals surface area (Å²) < 4.78 is 0. The van der Waals surface area contributed by atoms with Crippen LogP contribution in [0.15, 0.2) is 42.1 Å². The van der Waals surface area contributed by atoms with Crippen molar-refractivity contribution in [2.45, 2.75) is 51.0 Å². The quantitative estimate of drug-likeness (QED) is 0.783. The van der Waals surface area contributed by atoms with Crippen LogP contribution >= 0.6 is 0 Å². The van der Waals surface area contributed by atoms with E-state index in [1.165, 1.54) is 82.3 Å². The second-order valence-corrected chi connectivity index (χ2v) is 8.40. The highest BCUT2D eigenvalue weighted by Gasteiger charge is 2.35. The number of rotatable bonds is 5. The molecule has 2 nitrogen and oxygen atoms in total. The number of fused-ring (bicyclic) bond motifs is 1. The Morgan fingerprint density at radius 2 is 1.76 bits per heavy atom. The second kappa shape index (κ2) is 6.64. The Kier molecular flexibility index (Phi) is 4.17. The van der Waals surface area contributed by atoms with E-state index >= 15 is 0 Å². The lowest BCUT2D eigenvalue weighted by Gasteiger charge is -2.35. The van der Waals surface area contributed by atoms with Crippen LogP contribution in [0, 0.1) is 5.92 Å². The highest BCUT2D eigenvalue weighted by atomic mass is 15.2. The van der Waals surface area contributed by atoms with Crippen molar-refractivity contribution in [1.82, 2.24) is 9.80 Å². The minimum atomic E-state index is 0.663. The first-order chi connectivity index (χ1) is 12.4. The molecule has 1 aromatic carbocycles. The van der Waals surface area contributed by atoms with Crippen molar-refractivity contribution in [2.24, 2.45) is 5.92 Å². The van der Waals surface area contributed by atoms with Gasteiger partial charge in [0.2, 0.25) is 0 Å². The van der Waals surface area contributed by atoms with Crippen molar-refractivity contribution in [1.29, 1.82) is 0 Å². The fourth-order valence-corrected chi connectivity index (χ4v) is 5.00. The van der Waals surface area contributed by atoms with Gasteiger partial charge in [0.25, 0.3) is 0 Å². The van der Waals surface area contributed by atoms with Gasteiger partial charge in [-0.25, -0.2) is 0 Å². The summed E-state index contributed by atoms with van der Waals surface area (Å²) in [5, 5.41) is 0. The van der Waals surface area contributed by atoms with Gasteiger partial charge in [-0.15, -0.1) is 0 Å². The van der Waals surface area contributed by atoms with Crippen molar-refractivity contribution < 1.29 is 0 Å². The fourth-order valence-electron chi connectivity index (χ4n) is 5.00. The van der Waals surface area contributed by atoms with Crippen molar-refractivity contribution in [3.05, 3.63) is 53.2 Å². The molecule has 25 heavy (non-hydrogen) atoms. The van der Waals surface area contributed by atoms with Crippen LogP contribution < -0.4 is 0 Å². The predicted octanol–water partition coefficient (Wildman–Crippen LogP) is 4.48. The molecule has 2 heteroatoms. The van der Waals surface area contributed by atoms with Gasteiger partial charge in [-0.05, 0) is 86.5 Å². The van der Waals surface area contributed by atoms with Gasteiger partial charge in [-0.2, -0.15) is 0 Å². The zero-order valence-corrected chi connectivity index (χ0v) is 15.3. The van der Waals surface area contributed by atoms with E-state index in [1.54, 1.807) is 11.1 Å². The minimum Gasteiger partial charge on any atom is -0.373 e. The van der Waals surface area contributed by atoms with Crippen molar-refractivity contribution in [3.8, 4) is 0 Å². The van der Waals surface area contributed by atoms with Gasteiger partial charge < -0.3 is 9.80 Å². The molecular weight excluding hydrogens is 304 g/mol. The highest BCUT2D eigenvalue weighted by Crippen LogP contribution is 2.44. The third-order valence-corrected chi connectivity index (χ3v) is 6.85. The zero-order chi connectivity index (χ0) is 16.6. The molecule has 0 bridgehead atoms. The summed E-state index contributed by atoms with van der Waals surface area (Å²) in [6.45, 7) is 5.06. The van der Waals surface area contributed by atoms with Crippen molar-refractivity contribution in [2.75, 3.05) is 26.2 Å². The number of hydrogen-bond donors (Lipinski definition) is 0. The summed E-state index contributed by atoms with van der Waals surface area (Å²) in [4.78, 5) is 5.25. The van der Waals surface area contributed by atoms with Gasteiger partial charge in [0.05, 0.1) is 0 Å². The molecule has 2 heterocycles. The second-order valence-electron chi connectivity index (χ2n) is 8.40. The lowest BCUT2D eigenvalue weighted by molar-refractivity contribution is 0.191. The standard InChI is InChI=1S/C23H30N2/c1-2-14-24(13-1)15-12-18-6-8-19(9-7-18)22-11-10-20-16-25(17-23(20)22)21-4-3-5-21/h6-9,11,16,21,23H,1-5,10,12-15,17H2. The monoisotopic (exact) mass is 334 g/mol. The van der Waals surface area contributed by atoms with Crippen LogP contribution in [0.1, 0.15) is 49.7 Å². The Balaban J connectivity index is 1.22. The Bertz CT molecular complexity index is 675. The zero-order valence-electron chi connectivity index (χ0n) is 15.3. The third kappa shape index (κ3) is 3.06. The number of likely N-dealkylation sites (tertiary alicyclic amines) is 1. The maximum Gasteiger partial charge on any atom is 0.0284 e.